The summed E-state index contributed by atoms with van der Waals surface area (Å²) in [6.45, 7) is 4.12. The molecule has 4 N–H and O–H groups in total. The zero-order valence-electron chi connectivity index (χ0n) is 11.3. The second-order valence-corrected chi connectivity index (χ2v) is 5.04. The van der Waals surface area contributed by atoms with Gasteiger partial charge in [0.1, 0.15) is 5.69 Å². The quantitative estimate of drug-likeness (QED) is 0.518. The van der Waals surface area contributed by atoms with Crippen LogP contribution in [0.3, 0.4) is 0 Å². The van der Waals surface area contributed by atoms with E-state index in [2.05, 4.69) is 39.6 Å². The monoisotopic (exact) mass is 264 g/mol. The molecule has 0 aromatic carbocycles. The van der Waals surface area contributed by atoms with E-state index in [1.165, 1.54) is 12.4 Å². The molecular formula is C12H20N6O. The number of hydrogen-bond donors (Lipinski definition) is 3. The molecule has 1 aromatic rings. The van der Waals surface area contributed by atoms with Crippen molar-refractivity contribution in [2.45, 2.75) is 19.4 Å². The van der Waals surface area contributed by atoms with E-state index in [1.54, 1.807) is 0 Å². The van der Waals surface area contributed by atoms with Crippen molar-refractivity contribution in [3.63, 3.8) is 0 Å². The number of nitrogens with two attached hydrogens (primary N) is 1. The van der Waals surface area contributed by atoms with E-state index >= 15 is 0 Å². The van der Waals surface area contributed by atoms with Gasteiger partial charge in [-0.3, -0.25) is 9.78 Å². The number of anilines is 1. The molecule has 7 heteroatoms. The molecule has 0 radical (unpaired) electrons. The summed E-state index contributed by atoms with van der Waals surface area (Å²) in [5.41, 5.74) is 2.66. The van der Waals surface area contributed by atoms with Crippen LogP contribution < -0.4 is 16.6 Å². The summed E-state index contributed by atoms with van der Waals surface area (Å²) < 4.78 is 0. The lowest BCUT2D eigenvalue weighted by molar-refractivity contribution is 0.0878. The molecule has 2 rings (SSSR count). The van der Waals surface area contributed by atoms with Crippen molar-refractivity contribution in [3.05, 3.63) is 18.1 Å². The van der Waals surface area contributed by atoms with Crippen molar-refractivity contribution in [1.29, 1.82) is 0 Å². The summed E-state index contributed by atoms with van der Waals surface area (Å²) in [6.07, 6.45) is 3.86. The van der Waals surface area contributed by atoms with Crippen LogP contribution in [0.4, 0.5) is 5.82 Å². The normalized spacial score (nSPS) is 23.9. The van der Waals surface area contributed by atoms with Crippen molar-refractivity contribution in [2.24, 2.45) is 11.8 Å². The molecule has 2 atom stereocenters. The van der Waals surface area contributed by atoms with Gasteiger partial charge in [0.15, 0.2) is 5.82 Å². The van der Waals surface area contributed by atoms with Gasteiger partial charge in [0.05, 0.1) is 12.4 Å². The third kappa shape index (κ3) is 3.39. The van der Waals surface area contributed by atoms with E-state index in [-0.39, 0.29) is 17.6 Å². The predicted octanol–water partition coefficient (Wildman–Crippen LogP) is -0.168. The second-order valence-electron chi connectivity index (χ2n) is 5.04. The molecule has 0 spiro atoms. The average molecular weight is 264 g/mol. The average Bonchev–Trinajstić information content (AvgIpc) is 2.42. The SMILES string of the molecule is CC1CN(C)CCC1NC(=O)c1cncc(NN)n1. The van der Waals surface area contributed by atoms with Crippen LogP contribution in [0, 0.1) is 5.92 Å². The Balaban J connectivity index is 2.00. The first kappa shape index (κ1) is 13.7. The van der Waals surface area contributed by atoms with Crippen molar-refractivity contribution < 1.29 is 4.79 Å². The van der Waals surface area contributed by atoms with E-state index in [1.807, 2.05) is 0 Å². The smallest absolute Gasteiger partial charge is 0.271 e. The first-order valence-corrected chi connectivity index (χ1v) is 6.38. The van der Waals surface area contributed by atoms with Gasteiger partial charge in [0, 0.05) is 12.6 Å². The first-order chi connectivity index (χ1) is 9.10. The number of rotatable bonds is 3. The predicted molar refractivity (Wildman–Crippen MR) is 72.4 cm³/mol. The molecule has 1 aromatic heterocycles. The number of hydrogen-bond acceptors (Lipinski definition) is 6. The van der Waals surface area contributed by atoms with Crippen molar-refractivity contribution in [2.75, 3.05) is 25.6 Å². The number of likely N-dealkylation sites (tertiary alicyclic amines) is 1. The van der Waals surface area contributed by atoms with Gasteiger partial charge in [0.2, 0.25) is 0 Å². The van der Waals surface area contributed by atoms with Gasteiger partial charge >= 0.3 is 0 Å². The summed E-state index contributed by atoms with van der Waals surface area (Å²) >= 11 is 0. The molecule has 0 aliphatic carbocycles. The Morgan fingerprint density at radius 1 is 1.53 bits per heavy atom. The Morgan fingerprint density at radius 2 is 2.32 bits per heavy atom. The summed E-state index contributed by atoms with van der Waals surface area (Å²) in [5, 5.41) is 3.02. The summed E-state index contributed by atoms with van der Waals surface area (Å²) in [4.78, 5) is 22.4. The first-order valence-electron chi connectivity index (χ1n) is 6.38. The van der Waals surface area contributed by atoms with Crippen molar-refractivity contribution in [1.82, 2.24) is 20.2 Å². The molecule has 0 bridgehead atoms. The molecule has 19 heavy (non-hydrogen) atoms. The van der Waals surface area contributed by atoms with Crippen LogP contribution >= 0.6 is 0 Å². The van der Waals surface area contributed by atoms with Crippen LogP contribution in [0.1, 0.15) is 23.8 Å². The molecular weight excluding hydrogens is 244 g/mol. The topological polar surface area (TPSA) is 96.2 Å². The maximum Gasteiger partial charge on any atom is 0.271 e. The van der Waals surface area contributed by atoms with Gasteiger partial charge in [-0.1, -0.05) is 6.92 Å². The van der Waals surface area contributed by atoms with Gasteiger partial charge in [-0.2, -0.15) is 0 Å². The van der Waals surface area contributed by atoms with Gasteiger partial charge in [-0.05, 0) is 25.9 Å². The second kappa shape index (κ2) is 5.94. The molecule has 7 nitrogen and oxygen atoms in total. The standard InChI is InChI=1S/C12H20N6O/c1-8-7-18(2)4-3-9(8)16-12(19)10-5-14-6-11(15-10)17-13/h5-6,8-9H,3-4,7,13H2,1-2H3,(H,15,17)(H,16,19). The highest BCUT2D eigenvalue weighted by Gasteiger charge is 2.26. The van der Waals surface area contributed by atoms with E-state index in [0.717, 1.165) is 19.5 Å². The van der Waals surface area contributed by atoms with Crippen LogP contribution in [-0.2, 0) is 0 Å². The minimum atomic E-state index is -0.203. The molecule has 1 aliphatic rings. The highest BCUT2D eigenvalue weighted by Crippen LogP contribution is 2.15. The number of carbonyl (C=O) groups is 1. The van der Waals surface area contributed by atoms with Gasteiger partial charge < -0.3 is 15.6 Å². The number of aromatic nitrogens is 2. The summed E-state index contributed by atoms with van der Waals surface area (Å²) in [6, 6.07) is 0.181. The number of nitrogens with one attached hydrogen (secondary N) is 2. The van der Waals surface area contributed by atoms with Crippen molar-refractivity contribution in [3.8, 4) is 0 Å². The molecule has 1 saturated heterocycles. The number of nitrogen functional groups attached to an aromatic ring is 1. The van der Waals surface area contributed by atoms with Crippen LogP contribution in [0.15, 0.2) is 12.4 Å². The van der Waals surface area contributed by atoms with Crippen LogP contribution in [-0.4, -0.2) is 47.0 Å². The lowest BCUT2D eigenvalue weighted by Crippen LogP contribution is -2.49. The van der Waals surface area contributed by atoms with E-state index in [0.29, 0.717) is 11.7 Å². The molecule has 2 heterocycles. The zero-order chi connectivity index (χ0) is 13.8. The maximum absolute atomic E-state index is 12.1. The minimum absolute atomic E-state index is 0.181. The van der Waals surface area contributed by atoms with E-state index < -0.39 is 0 Å². The maximum atomic E-state index is 12.1. The van der Waals surface area contributed by atoms with E-state index in [4.69, 9.17) is 5.84 Å². The number of nitrogens with zero attached hydrogens (tertiary/aromatic N) is 3. The summed E-state index contributed by atoms with van der Waals surface area (Å²) in [5.74, 6) is 5.85. The molecule has 1 amide bonds. The largest absolute Gasteiger partial charge is 0.348 e. The van der Waals surface area contributed by atoms with Gasteiger partial charge in [-0.25, -0.2) is 10.8 Å². The Hall–Kier alpha value is -1.73. The molecule has 104 valence electrons. The third-order valence-corrected chi connectivity index (χ3v) is 3.44. The van der Waals surface area contributed by atoms with E-state index in [9.17, 15) is 4.79 Å². The molecule has 1 fully saturated rings. The van der Waals surface area contributed by atoms with Crippen molar-refractivity contribution >= 4 is 11.7 Å². The Kier molecular flexibility index (Phi) is 4.28. The highest BCUT2D eigenvalue weighted by molar-refractivity contribution is 5.92. The van der Waals surface area contributed by atoms with Crippen LogP contribution in [0.5, 0.6) is 0 Å². The molecule has 2 unspecified atom stereocenters. The Labute approximate surface area is 112 Å². The zero-order valence-corrected chi connectivity index (χ0v) is 11.3. The van der Waals surface area contributed by atoms with Crippen LogP contribution in [0.25, 0.3) is 0 Å². The fraction of sp³-hybridized carbons (Fsp3) is 0.583. The molecule has 1 aliphatic heterocycles. The number of hydrazine groups is 1. The Bertz CT molecular complexity index is 452. The number of amides is 1. The number of carbonyl (C=O) groups excluding carboxylic acids is 1. The third-order valence-electron chi connectivity index (χ3n) is 3.44. The summed E-state index contributed by atoms with van der Waals surface area (Å²) in [7, 11) is 2.09. The fourth-order valence-electron chi connectivity index (χ4n) is 2.36. The van der Waals surface area contributed by atoms with Gasteiger partial charge in [0.25, 0.3) is 5.91 Å². The van der Waals surface area contributed by atoms with Crippen LogP contribution in [0.2, 0.25) is 0 Å². The van der Waals surface area contributed by atoms with Gasteiger partial charge in [-0.15, -0.1) is 0 Å². The minimum Gasteiger partial charge on any atom is -0.348 e. The number of piperidine rings is 1. The Morgan fingerprint density at radius 3 is 3.00 bits per heavy atom. The molecule has 0 saturated carbocycles. The lowest BCUT2D eigenvalue weighted by Gasteiger charge is -2.35. The highest BCUT2D eigenvalue weighted by atomic mass is 16.2. The fourth-order valence-corrected chi connectivity index (χ4v) is 2.36. The lowest BCUT2D eigenvalue weighted by atomic mass is 9.94.